The number of aromatic nitrogens is 1. The molecule has 0 saturated heterocycles. The van der Waals surface area contributed by atoms with Crippen molar-refractivity contribution in [1.29, 1.82) is 0 Å². The maximum absolute atomic E-state index is 13.6. The van der Waals surface area contributed by atoms with E-state index in [0.717, 1.165) is 6.08 Å². The number of allylic oxidation sites excluding steroid dienone is 5. The summed E-state index contributed by atoms with van der Waals surface area (Å²) in [5.74, 6) is -0.184. The SMILES string of the molecule is C=C/C(F)=C(\C=C/C)c1nc2ccccc2o1. The lowest BCUT2D eigenvalue weighted by molar-refractivity contribution is 0.579. The van der Waals surface area contributed by atoms with Gasteiger partial charge >= 0.3 is 0 Å². The molecule has 0 bridgehead atoms. The van der Waals surface area contributed by atoms with Crippen molar-refractivity contribution in [2.75, 3.05) is 0 Å². The molecule has 0 atom stereocenters. The third kappa shape index (κ3) is 2.18. The van der Waals surface area contributed by atoms with Crippen molar-refractivity contribution < 1.29 is 8.81 Å². The van der Waals surface area contributed by atoms with Crippen LogP contribution in [0.3, 0.4) is 0 Å². The van der Waals surface area contributed by atoms with E-state index in [1.54, 1.807) is 25.1 Å². The third-order valence-electron chi connectivity index (χ3n) is 2.29. The van der Waals surface area contributed by atoms with Gasteiger partial charge in [0.2, 0.25) is 5.89 Å². The van der Waals surface area contributed by atoms with Gasteiger partial charge in [-0.05, 0) is 25.1 Å². The van der Waals surface area contributed by atoms with E-state index in [0.29, 0.717) is 16.7 Å². The number of hydrogen-bond donors (Lipinski definition) is 0. The zero-order valence-electron chi connectivity index (χ0n) is 9.48. The minimum Gasteiger partial charge on any atom is -0.436 e. The Bertz CT molecular complexity index is 574. The molecule has 0 saturated carbocycles. The topological polar surface area (TPSA) is 26.0 Å². The lowest BCUT2D eigenvalue weighted by Gasteiger charge is -1.96. The Morgan fingerprint density at radius 1 is 1.41 bits per heavy atom. The van der Waals surface area contributed by atoms with Crippen molar-refractivity contribution in [3.8, 4) is 0 Å². The van der Waals surface area contributed by atoms with E-state index < -0.39 is 5.83 Å². The summed E-state index contributed by atoms with van der Waals surface area (Å²) >= 11 is 0. The summed E-state index contributed by atoms with van der Waals surface area (Å²) in [6, 6.07) is 7.32. The predicted octanol–water partition coefficient (Wildman–Crippen LogP) is 4.27. The molecule has 3 heteroatoms. The van der Waals surface area contributed by atoms with Gasteiger partial charge in [-0.1, -0.05) is 30.9 Å². The van der Waals surface area contributed by atoms with Crippen molar-refractivity contribution in [2.24, 2.45) is 0 Å². The molecule has 0 fully saturated rings. The van der Waals surface area contributed by atoms with Crippen LogP contribution in [0.15, 0.2) is 59.3 Å². The van der Waals surface area contributed by atoms with E-state index in [1.807, 2.05) is 18.2 Å². The van der Waals surface area contributed by atoms with Crippen molar-refractivity contribution in [1.82, 2.24) is 4.98 Å². The Hall–Kier alpha value is -2.16. The number of para-hydroxylation sites is 2. The van der Waals surface area contributed by atoms with E-state index in [-0.39, 0.29) is 5.89 Å². The minimum atomic E-state index is -0.449. The van der Waals surface area contributed by atoms with Crippen molar-refractivity contribution in [3.05, 3.63) is 60.8 Å². The summed E-state index contributed by atoms with van der Waals surface area (Å²) in [7, 11) is 0. The van der Waals surface area contributed by atoms with Gasteiger partial charge in [0.25, 0.3) is 0 Å². The van der Waals surface area contributed by atoms with Crippen molar-refractivity contribution in [3.63, 3.8) is 0 Å². The number of fused-ring (bicyclic) bond motifs is 1. The van der Waals surface area contributed by atoms with Gasteiger partial charge in [-0.2, -0.15) is 0 Å². The second-order valence-electron chi connectivity index (χ2n) is 3.45. The van der Waals surface area contributed by atoms with Crippen LogP contribution in [0.25, 0.3) is 16.7 Å². The molecule has 1 aromatic carbocycles. The number of oxazole rings is 1. The van der Waals surface area contributed by atoms with Crippen LogP contribution in [0.1, 0.15) is 12.8 Å². The van der Waals surface area contributed by atoms with Gasteiger partial charge in [-0.3, -0.25) is 0 Å². The summed E-state index contributed by atoms with van der Waals surface area (Å²) in [6.07, 6.45) is 4.49. The fraction of sp³-hybridized carbons (Fsp3) is 0.0714. The molecular weight excluding hydrogens is 217 g/mol. The van der Waals surface area contributed by atoms with Gasteiger partial charge < -0.3 is 4.42 Å². The fourth-order valence-corrected chi connectivity index (χ4v) is 1.52. The smallest absolute Gasteiger partial charge is 0.230 e. The van der Waals surface area contributed by atoms with E-state index in [9.17, 15) is 4.39 Å². The van der Waals surface area contributed by atoms with Crippen molar-refractivity contribution >= 4 is 16.7 Å². The van der Waals surface area contributed by atoms with Gasteiger partial charge in [-0.25, -0.2) is 9.37 Å². The van der Waals surface area contributed by atoms with Crippen LogP contribution in [-0.4, -0.2) is 4.98 Å². The Morgan fingerprint density at radius 3 is 2.82 bits per heavy atom. The third-order valence-corrected chi connectivity index (χ3v) is 2.29. The molecule has 0 radical (unpaired) electrons. The van der Waals surface area contributed by atoms with E-state index in [2.05, 4.69) is 11.6 Å². The first-order chi connectivity index (χ1) is 8.26. The molecule has 86 valence electrons. The lowest BCUT2D eigenvalue weighted by Crippen LogP contribution is -1.83. The zero-order chi connectivity index (χ0) is 12.3. The molecule has 1 aromatic heterocycles. The Kier molecular flexibility index (Phi) is 3.19. The maximum Gasteiger partial charge on any atom is 0.230 e. The molecule has 0 aliphatic rings. The second kappa shape index (κ2) is 4.78. The zero-order valence-corrected chi connectivity index (χ0v) is 9.48. The average molecular weight is 229 g/mol. The number of rotatable bonds is 3. The lowest BCUT2D eigenvalue weighted by atomic mass is 10.2. The van der Waals surface area contributed by atoms with E-state index in [1.165, 1.54) is 0 Å². The second-order valence-corrected chi connectivity index (χ2v) is 3.45. The highest BCUT2D eigenvalue weighted by atomic mass is 19.1. The van der Waals surface area contributed by atoms with E-state index in [4.69, 9.17) is 4.42 Å². The molecule has 0 amide bonds. The quantitative estimate of drug-likeness (QED) is 0.734. The van der Waals surface area contributed by atoms with Gasteiger partial charge in [0.1, 0.15) is 11.3 Å². The summed E-state index contributed by atoms with van der Waals surface area (Å²) in [4.78, 5) is 4.24. The molecule has 17 heavy (non-hydrogen) atoms. The number of nitrogens with zero attached hydrogens (tertiary/aromatic N) is 1. The fourth-order valence-electron chi connectivity index (χ4n) is 1.52. The summed E-state index contributed by atoms with van der Waals surface area (Å²) < 4.78 is 19.1. The normalized spacial score (nSPS) is 13.1. The average Bonchev–Trinajstić information content (AvgIpc) is 2.78. The standard InChI is InChI=1S/C14H12FNO/c1-3-7-10(11(15)4-2)14-16-12-8-5-6-9-13(12)17-14/h3-9H,2H2,1H3/b7-3-,11-10-. The number of hydrogen-bond acceptors (Lipinski definition) is 2. The van der Waals surface area contributed by atoms with Crippen LogP contribution >= 0.6 is 0 Å². The minimum absolute atomic E-state index is 0.265. The summed E-state index contributed by atoms with van der Waals surface area (Å²) in [6.45, 7) is 5.21. The molecule has 0 aliphatic carbocycles. The molecule has 2 nitrogen and oxygen atoms in total. The maximum atomic E-state index is 13.6. The van der Waals surface area contributed by atoms with Crippen molar-refractivity contribution in [2.45, 2.75) is 6.92 Å². The molecule has 0 unspecified atom stereocenters. The van der Waals surface area contributed by atoms with Gasteiger partial charge in [-0.15, -0.1) is 0 Å². The molecule has 2 aromatic rings. The van der Waals surface area contributed by atoms with Crippen LogP contribution in [-0.2, 0) is 0 Å². The Morgan fingerprint density at radius 2 is 2.18 bits per heavy atom. The Balaban J connectivity index is 2.61. The first-order valence-corrected chi connectivity index (χ1v) is 5.27. The summed E-state index contributed by atoms with van der Waals surface area (Å²) in [5, 5.41) is 0. The van der Waals surface area contributed by atoms with Crippen LogP contribution < -0.4 is 0 Å². The first-order valence-electron chi connectivity index (χ1n) is 5.27. The summed E-state index contributed by atoms with van der Waals surface area (Å²) in [5.41, 5.74) is 1.65. The molecule has 2 rings (SSSR count). The highest BCUT2D eigenvalue weighted by Gasteiger charge is 2.11. The number of halogens is 1. The highest BCUT2D eigenvalue weighted by molar-refractivity contribution is 5.79. The predicted molar refractivity (Wildman–Crippen MR) is 67.0 cm³/mol. The largest absolute Gasteiger partial charge is 0.436 e. The van der Waals surface area contributed by atoms with Gasteiger partial charge in [0.15, 0.2) is 5.58 Å². The molecular formula is C14H12FNO. The molecule has 1 heterocycles. The monoisotopic (exact) mass is 229 g/mol. The van der Waals surface area contributed by atoms with Crippen LogP contribution in [0, 0.1) is 0 Å². The van der Waals surface area contributed by atoms with E-state index >= 15 is 0 Å². The highest BCUT2D eigenvalue weighted by Crippen LogP contribution is 2.25. The molecule has 0 spiro atoms. The first kappa shape index (κ1) is 11.3. The van der Waals surface area contributed by atoms with Gasteiger partial charge in [0.05, 0.1) is 5.57 Å². The van der Waals surface area contributed by atoms with Crippen LogP contribution in [0.5, 0.6) is 0 Å². The molecule has 0 aliphatic heterocycles. The van der Waals surface area contributed by atoms with Crippen LogP contribution in [0.4, 0.5) is 4.39 Å². The number of benzene rings is 1. The molecule has 0 N–H and O–H groups in total. The van der Waals surface area contributed by atoms with Gasteiger partial charge in [0, 0.05) is 0 Å². The van der Waals surface area contributed by atoms with Crippen LogP contribution in [0.2, 0.25) is 0 Å². The Labute approximate surface area is 98.8 Å².